The quantitative estimate of drug-likeness (QED) is 0.769. The summed E-state index contributed by atoms with van der Waals surface area (Å²) in [6.45, 7) is 5.53. The van der Waals surface area contributed by atoms with Gasteiger partial charge in [-0.2, -0.15) is 0 Å². The molecule has 82 valence electrons. The van der Waals surface area contributed by atoms with Gasteiger partial charge in [0.1, 0.15) is 0 Å². The molecule has 2 aliphatic rings. The van der Waals surface area contributed by atoms with Gasteiger partial charge in [0.2, 0.25) is 0 Å². The van der Waals surface area contributed by atoms with E-state index >= 15 is 0 Å². The van der Waals surface area contributed by atoms with Crippen LogP contribution >= 0.6 is 11.8 Å². The maximum atomic E-state index is 14.0. The normalized spacial score (nSPS) is 44.4. The van der Waals surface area contributed by atoms with E-state index in [1.165, 1.54) is 0 Å². The molecule has 1 aliphatic carbocycles. The van der Waals surface area contributed by atoms with Gasteiger partial charge in [-0.3, -0.25) is 5.32 Å². The molecule has 1 nitrogen and oxygen atoms in total. The summed E-state index contributed by atoms with van der Waals surface area (Å²) < 4.78 is 28.1. The smallest absolute Gasteiger partial charge is 0.269 e. The first-order chi connectivity index (χ1) is 6.38. The highest BCUT2D eigenvalue weighted by atomic mass is 32.2. The van der Waals surface area contributed by atoms with Gasteiger partial charge >= 0.3 is 0 Å². The fourth-order valence-corrected chi connectivity index (χ4v) is 3.68. The largest absolute Gasteiger partial charge is 0.294 e. The molecule has 1 saturated carbocycles. The Morgan fingerprint density at radius 3 is 2.29 bits per heavy atom. The van der Waals surface area contributed by atoms with E-state index in [1.54, 1.807) is 18.7 Å². The molecule has 0 aromatic heterocycles. The van der Waals surface area contributed by atoms with Crippen molar-refractivity contribution in [2.24, 2.45) is 5.92 Å². The van der Waals surface area contributed by atoms with E-state index in [2.05, 4.69) is 5.32 Å². The molecule has 0 aromatic rings. The van der Waals surface area contributed by atoms with Crippen molar-refractivity contribution in [3.63, 3.8) is 0 Å². The fraction of sp³-hybridized carbons (Fsp3) is 1.00. The van der Waals surface area contributed by atoms with E-state index in [0.717, 1.165) is 0 Å². The molecule has 0 spiro atoms. The van der Waals surface area contributed by atoms with Crippen LogP contribution in [-0.2, 0) is 0 Å². The van der Waals surface area contributed by atoms with Crippen molar-refractivity contribution in [3.8, 4) is 0 Å². The minimum Gasteiger partial charge on any atom is -0.294 e. The van der Waals surface area contributed by atoms with Crippen LogP contribution in [0.25, 0.3) is 0 Å². The zero-order chi connectivity index (χ0) is 10.6. The van der Waals surface area contributed by atoms with Crippen molar-refractivity contribution in [3.05, 3.63) is 0 Å². The van der Waals surface area contributed by atoms with E-state index in [9.17, 15) is 8.78 Å². The van der Waals surface area contributed by atoms with Crippen LogP contribution in [0.3, 0.4) is 0 Å². The Balaban J connectivity index is 2.21. The molecule has 1 heterocycles. The van der Waals surface area contributed by atoms with Crippen LogP contribution in [0.5, 0.6) is 0 Å². The molecule has 3 unspecified atom stereocenters. The Labute approximate surface area is 88.0 Å². The van der Waals surface area contributed by atoms with Gasteiger partial charge in [0.25, 0.3) is 5.92 Å². The molecule has 2 fully saturated rings. The van der Waals surface area contributed by atoms with Crippen LogP contribution in [0.4, 0.5) is 8.78 Å². The van der Waals surface area contributed by atoms with E-state index in [-0.39, 0.29) is 16.5 Å². The monoisotopic (exact) mass is 221 g/mol. The Hall–Kier alpha value is 0.170. The van der Waals surface area contributed by atoms with Crippen LogP contribution in [0.2, 0.25) is 0 Å². The second kappa shape index (κ2) is 3.08. The molecule has 0 amide bonds. The van der Waals surface area contributed by atoms with Gasteiger partial charge in [-0.1, -0.05) is 6.92 Å². The van der Waals surface area contributed by atoms with Crippen LogP contribution in [0.15, 0.2) is 0 Å². The van der Waals surface area contributed by atoms with Crippen molar-refractivity contribution >= 4 is 11.8 Å². The van der Waals surface area contributed by atoms with Crippen molar-refractivity contribution < 1.29 is 8.78 Å². The molecule has 2 rings (SSSR count). The van der Waals surface area contributed by atoms with E-state index in [4.69, 9.17) is 0 Å². The summed E-state index contributed by atoms with van der Waals surface area (Å²) in [6, 6.07) is 0. The van der Waals surface area contributed by atoms with Gasteiger partial charge in [0.05, 0.1) is 10.9 Å². The number of alkyl halides is 2. The first-order valence-electron chi connectivity index (χ1n) is 5.19. The van der Waals surface area contributed by atoms with Crippen LogP contribution in [0.1, 0.15) is 33.6 Å². The summed E-state index contributed by atoms with van der Waals surface area (Å²) >= 11 is 1.61. The maximum Gasteiger partial charge on any atom is 0.269 e. The van der Waals surface area contributed by atoms with Gasteiger partial charge in [-0.15, -0.1) is 11.8 Å². The minimum absolute atomic E-state index is 0.0203. The second-order valence-electron chi connectivity index (χ2n) is 4.66. The summed E-state index contributed by atoms with van der Waals surface area (Å²) in [6.07, 6.45) is 1.38. The van der Waals surface area contributed by atoms with Crippen molar-refractivity contribution in [1.29, 1.82) is 0 Å². The Kier molecular flexibility index (Phi) is 2.35. The Bertz CT molecular complexity index is 242. The molecular formula is C10H17F2NS. The fourth-order valence-electron chi connectivity index (χ4n) is 2.25. The lowest BCUT2D eigenvalue weighted by Crippen LogP contribution is -2.59. The third-order valence-corrected chi connectivity index (χ3v) is 4.91. The van der Waals surface area contributed by atoms with Gasteiger partial charge in [0, 0.05) is 11.2 Å². The zero-order valence-corrected chi connectivity index (χ0v) is 9.63. The van der Waals surface area contributed by atoms with Crippen molar-refractivity contribution in [1.82, 2.24) is 5.32 Å². The number of hydrogen-bond donors (Lipinski definition) is 1. The highest BCUT2D eigenvalue weighted by molar-refractivity contribution is 8.00. The molecule has 1 saturated heterocycles. The first-order valence-corrected chi connectivity index (χ1v) is 6.13. The van der Waals surface area contributed by atoms with E-state index in [1.807, 2.05) is 13.8 Å². The highest BCUT2D eigenvalue weighted by Gasteiger charge is 2.63. The number of halogens is 2. The van der Waals surface area contributed by atoms with Crippen LogP contribution in [-0.4, -0.2) is 22.1 Å². The minimum atomic E-state index is -2.55. The molecule has 0 aromatic carbocycles. The predicted molar refractivity (Wildman–Crippen MR) is 55.7 cm³/mol. The molecule has 1 aliphatic heterocycles. The zero-order valence-electron chi connectivity index (χ0n) is 8.81. The summed E-state index contributed by atoms with van der Waals surface area (Å²) in [7, 11) is 0. The SMILES string of the molecule is CC1NC(C)(C(F)(F)C2CC2)C(C)S1. The molecule has 3 atom stereocenters. The number of rotatable bonds is 2. The third-order valence-electron chi connectivity index (χ3n) is 3.51. The molecule has 0 bridgehead atoms. The van der Waals surface area contributed by atoms with Crippen LogP contribution in [0, 0.1) is 5.92 Å². The standard InChI is InChI=1S/C10H17F2NS/c1-6-9(3,13-7(2)14-6)10(11,12)8-4-5-8/h6-8,13H,4-5H2,1-3H3. The summed E-state index contributed by atoms with van der Waals surface area (Å²) in [4.78, 5) is 0. The van der Waals surface area contributed by atoms with Gasteiger partial charge in [-0.25, -0.2) is 8.78 Å². The molecule has 1 N–H and O–H groups in total. The number of hydrogen-bond acceptors (Lipinski definition) is 2. The Morgan fingerprint density at radius 2 is 1.93 bits per heavy atom. The average molecular weight is 221 g/mol. The van der Waals surface area contributed by atoms with Crippen molar-refractivity contribution in [2.75, 3.05) is 0 Å². The van der Waals surface area contributed by atoms with E-state index < -0.39 is 11.5 Å². The van der Waals surface area contributed by atoms with Crippen LogP contribution < -0.4 is 5.32 Å². The topological polar surface area (TPSA) is 12.0 Å². The Morgan fingerprint density at radius 1 is 1.36 bits per heavy atom. The molecule has 4 heteroatoms. The highest BCUT2D eigenvalue weighted by Crippen LogP contribution is 2.54. The summed E-state index contributed by atoms with van der Waals surface area (Å²) in [5.74, 6) is -2.93. The maximum absolute atomic E-state index is 14.0. The lowest BCUT2D eigenvalue weighted by atomic mass is 9.87. The van der Waals surface area contributed by atoms with E-state index in [0.29, 0.717) is 12.8 Å². The summed E-state index contributed by atoms with van der Waals surface area (Å²) in [5, 5.41) is 3.17. The third kappa shape index (κ3) is 1.38. The van der Waals surface area contributed by atoms with Gasteiger partial charge in [-0.05, 0) is 26.7 Å². The van der Waals surface area contributed by atoms with Gasteiger partial charge in [0.15, 0.2) is 0 Å². The van der Waals surface area contributed by atoms with Crippen molar-refractivity contribution in [2.45, 2.75) is 55.7 Å². The number of nitrogens with one attached hydrogen (secondary N) is 1. The molecule has 0 radical (unpaired) electrons. The predicted octanol–water partition coefficient (Wildman–Crippen LogP) is 2.86. The lowest BCUT2D eigenvalue weighted by Gasteiger charge is -2.37. The molecule has 14 heavy (non-hydrogen) atoms. The lowest BCUT2D eigenvalue weighted by molar-refractivity contribution is -0.0982. The summed E-state index contributed by atoms with van der Waals surface area (Å²) in [5.41, 5.74) is -1.02. The van der Waals surface area contributed by atoms with Gasteiger partial charge < -0.3 is 0 Å². The number of thioether (sulfide) groups is 1. The molecular weight excluding hydrogens is 204 g/mol. The average Bonchev–Trinajstić information content (AvgIpc) is 2.81. The first kappa shape index (κ1) is 10.7. The second-order valence-corrected chi connectivity index (χ2v) is 6.35.